The van der Waals surface area contributed by atoms with Gasteiger partial charge in [0.05, 0.1) is 0 Å². The molecule has 0 bridgehead atoms. The Hall–Kier alpha value is -0.940. The van der Waals surface area contributed by atoms with Gasteiger partial charge in [0.2, 0.25) is 0 Å². The van der Waals surface area contributed by atoms with Crippen LogP contribution in [0, 0.1) is 11.7 Å². The minimum absolute atomic E-state index is 0.203. The van der Waals surface area contributed by atoms with Gasteiger partial charge < -0.3 is 5.32 Å². The van der Waals surface area contributed by atoms with Crippen molar-refractivity contribution in [3.63, 3.8) is 0 Å². The van der Waals surface area contributed by atoms with Gasteiger partial charge in [0.1, 0.15) is 15.7 Å². The Bertz CT molecular complexity index is 512. The Kier molecular flexibility index (Phi) is 7.32. The average molecular weight is 315 g/mol. The topological polar surface area (TPSA) is 46.2 Å². The van der Waals surface area contributed by atoms with Gasteiger partial charge >= 0.3 is 0 Å². The molecule has 0 heterocycles. The van der Waals surface area contributed by atoms with E-state index in [4.69, 9.17) is 0 Å². The molecule has 0 aliphatic rings. The second-order valence-corrected chi connectivity index (χ2v) is 8.33. The maximum absolute atomic E-state index is 13.0. The lowest BCUT2D eigenvalue weighted by molar-refractivity contribution is 0.496. The summed E-state index contributed by atoms with van der Waals surface area (Å²) in [6, 6.07) is 6.50. The molecule has 0 radical (unpaired) electrons. The van der Waals surface area contributed by atoms with Gasteiger partial charge in [-0.15, -0.1) is 0 Å². The summed E-state index contributed by atoms with van der Waals surface area (Å²) in [4.78, 5) is 0. The molecule has 21 heavy (non-hydrogen) atoms. The van der Waals surface area contributed by atoms with Crippen molar-refractivity contribution in [2.75, 3.05) is 25.1 Å². The van der Waals surface area contributed by atoms with Crippen molar-refractivity contribution in [1.82, 2.24) is 5.32 Å². The summed E-state index contributed by atoms with van der Waals surface area (Å²) in [6.45, 7) is 5.99. The van der Waals surface area contributed by atoms with Crippen molar-refractivity contribution < 1.29 is 12.8 Å². The highest BCUT2D eigenvalue weighted by molar-refractivity contribution is 7.90. The van der Waals surface area contributed by atoms with Crippen LogP contribution in [0.1, 0.15) is 38.2 Å². The molecule has 3 nitrogen and oxygen atoms in total. The lowest BCUT2D eigenvalue weighted by atomic mass is 9.94. The zero-order valence-electron chi connectivity index (χ0n) is 13.1. The van der Waals surface area contributed by atoms with Crippen molar-refractivity contribution >= 4 is 9.84 Å². The van der Waals surface area contributed by atoms with Crippen LogP contribution in [0.4, 0.5) is 4.39 Å². The summed E-state index contributed by atoms with van der Waals surface area (Å²) in [5.41, 5.74) is 1.06. The minimum Gasteiger partial charge on any atom is -0.316 e. The first-order valence-corrected chi connectivity index (χ1v) is 9.48. The fourth-order valence-corrected chi connectivity index (χ4v) is 2.95. The minimum atomic E-state index is -2.92. The number of benzene rings is 1. The van der Waals surface area contributed by atoms with Crippen molar-refractivity contribution in [2.24, 2.45) is 5.92 Å². The van der Waals surface area contributed by atoms with Crippen LogP contribution in [0.15, 0.2) is 24.3 Å². The fourth-order valence-electron chi connectivity index (χ4n) is 2.26. The molecule has 1 aromatic carbocycles. The molecule has 1 unspecified atom stereocenters. The van der Waals surface area contributed by atoms with Gasteiger partial charge in [-0.2, -0.15) is 0 Å². The van der Waals surface area contributed by atoms with E-state index >= 15 is 0 Å². The second kappa shape index (κ2) is 8.49. The molecule has 0 saturated heterocycles. The highest BCUT2D eigenvalue weighted by Gasteiger charge is 2.13. The summed E-state index contributed by atoms with van der Waals surface area (Å²) in [5.74, 6) is 0.735. The van der Waals surface area contributed by atoms with Crippen LogP contribution in [0.3, 0.4) is 0 Å². The first kappa shape index (κ1) is 18.1. The monoisotopic (exact) mass is 315 g/mol. The number of nitrogens with one attached hydrogen (secondary N) is 1. The molecule has 120 valence electrons. The normalized spacial score (nSPS) is 13.6. The van der Waals surface area contributed by atoms with E-state index in [1.54, 1.807) is 12.1 Å². The van der Waals surface area contributed by atoms with E-state index in [0.717, 1.165) is 25.1 Å². The largest absolute Gasteiger partial charge is 0.316 e. The van der Waals surface area contributed by atoms with Gasteiger partial charge in [0, 0.05) is 18.6 Å². The van der Waals surface area contributed by atoms with Crippen molar-refractivity contribution in [1.29, 1.82) is 0 Å². The number of rotatable bonds is 9. The maximum Gasteiger partial charge on any atom is 0.147 e. The first-order chi connectivity index (χ1) is 9.78. The molecule has 0 saturated carbocycles. The third-order valence-corrected chi connectivity index (χ3v) is 4.38. The van der Waals surface area contributed by atoms with Crippen LogP contribution in [0.2, 0.25) is 0 Å². The standard InChI is InChI=1S/C16H26FNO2S/c1-13(2)11-18-12-15(5-4-10-21(3,19)20)14-6-8-16(17)9-7-14/h6-9,13,15,18H,4-5,10-12H2,1-3H3. The first-order valence-electron chi connectivity index (χ1n) is 7.42. The summed E-state index contributed by atoms with van der Waals surface area (Å²) in [6.07, 6.45) is 2.67. The zero-order valence-corrected chi connectivity index (χ0v) is 13.9. The van der Waals surface area contributed by atoms with Crippen molar-refractivity contribution in [2.45, 2.75) is 32.6 Å². The predicted octanol–water partition coefficient (Wildman–Crippen LogP) is 2.98. The van der Waals surface area contributed by atoms with E-state index in [2.05, 4.69) is 19.2 Å². The van der Waals surface area contributed by atoms with Gasteiger partial charge in [-0.1, -0.05) is 26.0 Å². The van der Waals surface area contributed by atoms with Crippen molar-refractivity contribution in [3.8, 4) is 0 Å². The summed E-state index contributed by atoms with van der Waals surface area (Å²) < 4.78 is 35.5. The van der Waals surface area contributed by atoms with Gasteiger partial charge in [0.25, 0.3) is 0 Å². The molecule has 0 fully saturated rings. The Morgan fingerprint density at radius 1 is 1.14 bits per heavy atom. The molecular weight excluding hydrogens is 289 g/mol. The molecule has 1 rings (SSSR count). The molecule has 1 atom stereocenters. The molecule has 1 aromatic rings. The Balaban J connectivity index is 2.63. The van der Waals surface area contributed by atoms with E-state index in [-0.39, 0.29) is 17.5 Å². The molecular formula is C16H26FNO2S. The average Bonchev–Trinajstić information content (AvgIpc) is 2.36. The zero-order chi connectivity index (χ0) is 15.9. The van der Waals surface area contributed by atoms with Crippen LogP contribution in [0.5, 0.6) is 0 Å². The number of sulfone groups is 1. The maximum atomic E-state index is 13.0. The number of halogens is 1. The van der Waals surface area contributed by atoms with Crippen LogP contribution in [-0.2, 0) is 9.84 Å². The van der Waals surface area contributed by atoms with Gasteiger partial charge in [-0.25, -0.2) is 12.8 Å². The molecule has 0 amide bonds. The summed E-state index contributed by atoms with van der Waals surface area (Å²) in [7, 11) is -2.92. The van der Waals surface area contributed by atoms with Crippen LogP contribution in [0.25, 0.3) is 0 Å². The Morgan fingerprint density at radius 3 is 2.29 bits per heavy atom. The SMILES string of the molecule is CC(C)CNCC(CCCS(C)(=O)=O)c1ccc(F)cc1. The van der Waals surface area contributed by atoms with E-state index in [1.165, 1.54) is 18.4 Å². The van der Waals surface area contributed by atoms with E-state index < -0.39 is 9.84 Å². The number of hydrogen-bond acceptors (Lipinski definition) is 3. The highest BCUT2D eigenvalue weighted by atomic mass is 32.2. The highest BCUT2D eigenvalue weighted by Crippen LogP contribution is 2.21. The lowest BCUT2D eigenvalue weighted by Gasteiger charge is -2.19. The Morgan fingerprint density at radius 2 is 1.76 bits per heavy atom. The molecule has 1 N–H and O–H groups in total. The van der Waals surface area contributed by atoms with E-state index in [1.807, 2.05) is 0 Å². The van der Waals surface area contributed by atoms with Gasteiger partial charge in [-0.3, -0.25) is 0 Å². The van der Waals surface area contributed by atoms with Crippen LogP contribution >= 0.6 is 0 Å². The smallest absolute Gasteiger partial charge is 0.147 e. The van der Waals surface area contributed by atoms with Crippen LogP contribution < -0.4 is 5.32 Å². The van der Waals surface area contributed by atoms with Gasteiger partial charge in [0.15, 0.2) is 0 Å². The van der Waals surface area contributed by atoms with E-state index in [9.17, 15) is 12.8 Å². The quantitative estimate of drug-likeness (QED) is 0.762. The second-order valence-electron chi connectivity index (χ2n) is 6.07. The van der Waals surface area contributed by atoms with Crippen LogP contribution in [-0.4, -0.2) is 33.5 Å². The fraction of sp³-hybridized carbons (Fsp3) is 0.625. The molecule has 0 spiro atoms. The molecule has 0 aromatic heterocycles. The third kappa shape index (κ3) is 8.17. The summed E-state index contributed by atoms with van der Waals surface area (Å²) in [5, 5.41) is 3.40. The predicted molar refractivity (Wildman–Crippen MR) is 85.8 cm³/mol. The molecule has 0 aliphatic carbocycles. The molecule has 5 heteroatoms. The lowest BCUT2D eigenvalue weighted by Crippen LogP contribution is -2.25. The third-order valence-electron chi connectivity index (χ3n) is 3.35. The summed E-state index contributed by atoms with van der Waals surface area (Å²) >= 11 is 0. The Labute approximate surface area is 127 Å². The molecule has 0 aliphatic heterocycles. The number of hydrogen-bond donors (Lipinski definition) is 1. The van der Waals surface area contributed by atoms with Crippen molar-refractivity contribution in [3.05, 3.63) is 35.6 Å². The van der Waals surface area contributed by atoms with Gasteiger partial charge in [-0.05, 0) is 48.9 Å². The van der Waals surface area contributed by atoms with E-state index in [0.29, 0.717) is 12.3 Å².